The van der Waals surface area contributed by atoms with Crippen molar-refractivity contribution >= 4 is 57.2 Å². The monoisotopic (exact) mass is 670 g/mol. The molecule has 4 aromatic carbocycles. The lowest BCUT2D eigenvalue weighted by atomic mass is 10.1. The molecule has 7 rings (SSSR count). The third kappa shape index (κ3) is 7.71. The summed E-state index contributed by atoms with van der Waals surface area (Å²) in [5.41, 5.74) is 7.11. The lowest BCUT2D eigenvalue weighted by Gasteiger charge is -2.08. The van der Waals surface area contributed by atoms with Gasteiger partial charge in [0.15, 0.2) is 11.6 Å². The van der Waals surface area contributed by atoms with Gasteiger partial charge >= 0.3 is 0 Å². The molecule has 1 heterocycles. The number of nitrogens with one attached hydrogen (secondary N) is 5. The number of aromatic amines is 1. The molecule has 0 saturated carbocycles. The predicted molar refractivity (Wildman–Crippen MR) is 200 cm³/mol. The molecule has 10 heteroatoms. The Morgan fingerprint density at radius 3 is 1.55 bits per heavy atom. The van der Waals surface area contributed by atoms with Gasteiger partial charge in [-0.1, -0.05) is 24.3 Å². The number of benzene rings is 4. The molecule has 0 bridgehead atoms. The zero-order valence-corrected chi connectivity index (χ0v) is 27.0. The summed E-state index contributed by atoms with van der Waals surface area (Å²) in [7, 11) is 0. The van der Waals surface area contributed by atoms with Crippen LogP contribution in [-0.2, 0) is 9.59 Å². The lowest BCUT2D eigenvalue weighted by molar-refractivity contribution is -0.111. The minimum Gasteiger partial charge on any atom is -0.361 e. The molecule has 51 heavy (non-hydrogen) atoms. The molecule has 2 aliphatic rings. The standard InChI is InChI=1S/C41H30N6O4/c48-37-7-3-1-5-29(37)24-42-31-15-11-27(12-16-31)40(50)44-33-19-9-26(10-20-33)39-46-35-22-21-34(23-36(35)47-39)45-41(51)28-13-17-32(18-14-28)43-25-30-6-2-4-8-38(30)49/h1-25,42-43H,(H,44,50)(H,45,51)(H,46,47)/b29-24+,30-25+. The normalized spacial score (nSPS) is 15.1. The highest BCUT2D eigenvalue weighted by atomic mass is 16.2. The quantitative estimate of drug-likeness (QED) is 0.101. The summed E-state index contributed by atoms with van der Waals surface area (Å²) < 4.78 is 0. The molecule has 1 aromatic heterocycles. The maximum atomic E-state index is 13.0. The Morgan fingerprint density at radius 2 is 1.02 bits per heavy atom. The zero-order valence-electron chi connectivity index (χ0n) is 27.0. The lowest BCUT2D eigenvalue weighted by Crippen LogP contribution is -2.11. The number of allylic oxidation sites excluding steroid dienone is 10. The van der Waals surface area contributed by atoms with Crippen LogP contribution >= 0.6 is 0 Å². The number of carbonyl (C=O) groups is 4. The molecular formula is C41H30N6O4. The second-order valence-corrected chi connectivity index (χ2v) is 11.6. The van der Waals surface area contributed by atoms with E-state index in [0.717, 1.165) is 28.0 Å². The first-order valence-electron chi connectivity index (χ1n) is 16.0. The van der Waals surface area contributed by atoms with E-state index in [1.165, 1.54) is 12.2 Å². The fourth-order valence-corrected chi connectivity index (χ4v) is 5.30. The van der Waals surface area contributed by atoms with Crippen LogP contribution in [0.4, 0.5) is 22.7 Å². The average Bonchev–Trinajstić information content (AvgIpc) is 3.58. The van der Waals surface area contributed by atoms with E-state index < -0.39 is 0 Å². The molecule has 0 fully saturated rings. The average molecular weight is 671 g/mol. The first kappa shape index (κ1) is 32.2. The van der Waals surface area contributed by atoms with Crippen LogP contribution in [0.2, 0.25) is 0 Å². The molecule has 10 nitrogen and oxygen atoms in total. The Morgan fingerprint density at radius 1 is 0.549 bits per heavy atom. The third-order valence-corrected chi connectivity index (χ3v) is 8.08. The number of carbonyl (C=O) groups excluding carboxylic acids is 4. The van der Waals surface area contributed by atoms with E-state index in [1.54, 1.807) is 116 Å². The van der Waals surface area contributed by atoms with Gasteiger partial charge in [0.2, 0.25) is 0 Å². The van der Waals surface area contributed by atoms with Crippen molar-refractivity contribution in [3.05, 3.63) is 174 Å². The van der Waals surface area contributed by atoms with Gasteiger partial charge < -0.3 is 26.3 Å². The SMILES string of the molecule is O=C1C=CC=C/C1=C\Nc1ccc(C(=O)Nc2ccc(-c3nc4ccc(NC(=O)c5ccc(N/C=C6\C=CC=CC6=O)cc5)cc4[nH]3)cc2)cc1. The Balaban J connectivity index is 0.943. The van der Waals surface area contributed by atoms with Crippen LogP contribution in [0.15, 0.2) is 163 Å². The molecule has 2 aliphatic carbocycles. The van der Waals surface area contributed by atoms with Crippen molar-refractivity contribution in [1.82, 2.24) is 9.97 Å². The van der Waals surface area contributed by atoms with Crippen molar-refractivity contribution in [2.75, 3.05) is 21.3 Å². The van der Waals surface area contributed by atoms with Crippen molar-refractivity contribution < 1.29 is 19.2 Å². The summed E-state index contributed by atoms with van der Waals surface area (Å²) in [5.74, 6) is -0.0209. The predicted octanol–water partition coefficient (Wildman–Crippen LogP) is 7.72. The first-order valence-corrected chi connectivity index (χ1v) is 16.0. The Labute approximate surface area is 292 Å². The minimum absolute atomic E-state index is 0.0725. The maximum absolute atomic E-state index is 13.0. The number of ketones is 2. The number of rotatable bonds is 9. The van der Waals surface area contributed by atoms with Crippen LogP contribution in [0.1, 0.15) is 20.7 Å². The maximum Gasteiger partial charge on any atom is 0.255 e. The van der Waals surface area contributed by atoms with Crippen LogP contribution in [0, 0.1) is 0 Å². The summed E-state index contributed by atoms with van der Waals surface area (Å²) in [6.45, 7) is 0. The smallest absolute Gasteiger partial charge is 0.255 e. The molecule has 0 saturated heterocycles. The summed E-state index contributed by atoms with van der Waals surface area (Å²) in [6.07, 6.45) is 16.7. The second kappa shape index (κ2) is 14.4. The number of amides is 2. The highest BCUT2D eigenvalue weighted by Gasteiger charge is 2.12. The highest BCUT2D eigenvalue weighted by Crippen LogP contribution is 2.25. The Bertz CT molecular complexity index is 2360. The number of nitrogens with zero attached hydrogens (tertiary/aromatic N) is 1. The van der Waals surface area contributed by atoms with E-state index in [4.69, 9.17) is 4.98 Å². The molecule has 0 spiro atoms. The van der Waals surface area contributed by atoms with E-state index in [2.05, 4.69) is 26.3 Å². The molecule has 0 unspecified atom stereocenters. The van der Waals surface area contributed by atoms with Crippen molar-refractivity contribution in [3.63, 3.8) is 0 Å². The van der Waals surface area contributed by atoms with E-state index in [0.29, 0.717) is 39.5 Å². The van der Waals surface area contributed by atoms with Gasteiger partial charge in [-0.25, -0.2) is 4.98 Å². The van der Waals surface area contributed by atoms with Gasteiger partial charge in [-0.05, 0) is 115 Å². The number of hydrogen-bond acceptors (Lipinski definition) is 7. The summed E-state index contributed by atoms with van der Waals surface area (Å²) in [4.78, 5) is 57.6. The van der Waals surface area contributed by atoms with E-state index in [9.17, 15) is 19.2 Å². The van der Waals surface area contributed by atoms with E-state index in [-0.39, 0.29) is 23.4 Å². The van der Waals surface area contributed by atoms with Crippen molar-refractivity contribution in [2.45, 2.75) is 0 Å². The minimum atomic E-state index is -0.264. The highest BCUT2D eigenvalue weighted by molar-refractivity contribution is 6.08. The van der Waals surface area contributed by atoms with Gasteiger partial charge in [-0.3, -0.25) is 19.2 Å². The van der Waals surface area contributed by atoms with Crippen LogP contribution in [0.25, 0.3) is 22.4 Å². The summed E-state index contributed by atoms with van der Waals surface area (Å²) >= 11 is 0. The Hall–Kier alpha value is -7.33. The second-order valence-electron chi connectivity index (χ2n) is 11.6. The number of aromatic nitrogens is 2. The van der Waals surface area contributed by atoms with Gasteiger partial charge in [0.25, 0.3) is 11.8 Å². The Kier molecular flexibility index (Phi) is 9.12. The molecule has 0 aliphatic heterocycles. The molecule has 5 N–H and O–H groups in total. The van der Waals surface area contributed by atoms with E-state index in [1.807, 2.05) is 24.3 Å². The first-order chi connectivity index (χ1) is 24.9. The molecule has 5 aromatic rings. The topological polar surface area (TPSA) is 145 Å². The number of imidazole rings is 1. The van der Waals surface area contributed by atoms with Crippen molar-refractivity contribution in [1.29, 1.82) is 0 Å². The fraction of sp³-hybridized carbons (Fsp3) is 0. The molecule has 0 radical (unpaired) electrons. The van der Waals surface area contributed by atoms with Gasteiger partial charge in [-0.15, -0.1) is 0 Å². The molecule has 2 amide bonds. The van der Waals surface area contributed by atoms with E-state index >= 15 is 0 Å². The molecule has 248 valence electrons. The van der Waals surface area contributed by atoms with Crippen molar-refractivity contribution in [2.24, 2.45) is 0 Å². The van der Waals surface area contributed by atoms with Crippen molar-refractivity contribution in [3.8, 4) is 11.4 Å². The largest absolute Gasteiger partial charge is 0.361 e. The van der Waals surface area contributed by atoms with Crippen LogP contribution in [0.5, 0.6) is 0 Å². The van der Waals surface area contributed by atoms with Crippen LogP contribution in [0.3, 0.4) is 0 Å². The van der Waals surface area contributed by atoms with Gasteiger partial charge in [0, 0.05) is 63.0 Å². The molecule has 0 atom stereocenters. The molecular weight excluding hydrogens is 640 g/mol. The van der Waals surface area contributed by atoms with Gasteiger partial charge in [0.05, 0.1) is 11.0 Å². The number of hydrogen-bond donors (Lipinski definition) is 5. The number of anilines is 4. The zero-order chi connectivity index (χ0) is 35.2. The van der Waals surface area contributed by atoms with Crippen LogP contribution < -0.4 is 21.3 Å². The summed E-state index contributed by atoms with van der Waals surface area (Å²) in [5, 5.41) is 12.0. The summed E-state index contributed by atoms with van der Waals surface area (Å²) in [6, 6.07) is 26.7. The fourth-order valence-electron chi connectivity index (χ4n) is 5.30. The van der Waals surface area contributed by atoms with Gasteiger partial charge in [-0.2, -0.15) is 0 Å². The third-order valence-electron chi connectivity index (χ3n) is 8.08. The van der Waals surface area contributed by atoms with Crippen LogP contribution in [-0.4, -0.2) is 33.3 Å². The number of H-pyrrole nitrogens is 1. The number of fused-ring (bicyclic) bond motifs is 1. The van der Waals surface area contributed by atoms with Gasteiger partial charge in [0.1, 0.15) is 5.82 Å².